The van der Waals surface area contributed by atoms with E-state index in [4.69, 9.17) is 5.73 Å². The van der Waals surface area contributed by atoms with Gasteiger partial charge in [0, 0.05) is 32.9 Å². The molecule has 0 aliphatic heterocycles. The van der Waals surface area contributed by atoms with Crippen LogP contribution in [0.2, 0.25) is 0 Å². The van der Waals surface area contributed by atoms with Gasteiger partial charge in [0.15, 0.2) is 5.82 Å². The third kappa shape index (κ3) is 3.19. The molecule has 20 heavy (non-hydrogen) atoms. The van der Waals surface area contributed by atoms with Crippen molar-refractivity contribution >= 4 is 33.3 Å². The van der Waals surface area contributed by atoms with Gasteiger partial charge in [-0.15, -0.1) is 0 Å². The summed E-state index contributed by atoms with van der Waals surface area (Å²) < 4.78 is 0.767. The Labute approximate surface area is 126 Å². The molecule has 0 fully saturated rings. The highest BCUT2D eigenvalue weighted by molar-refractivity contribution is 9.10. The molecule has 0 aliphatic rings. The van der Waals surface area contributed by atoms with Crippen LogP contribution in [0.4, 0.5) is 11.5 Å². The lowest BCUT2D eigenvalue weighted by molar-refractivity contribution is 0.102. The van der Waals surface area contributed by atoms with Gasteiger partial charge in [-0.25, -0.2) is 0 Å². The molecular formula is C14H17BrN4O. The average Bonchev–Trinajstić information content (AvgIpc) is 2.81. The molecule has 106 valence electrons. The number of nitrogens with one attached hydrogen (secondary N) is 2. The maximum absolute atomic E-state index is 12.1. The molecule has 4 N–H and O–H groups in total. The Morgan fingerprint density at radius 3 is 2.60 bits per heavy atom. The second-order valence-electron chi connectivity index (χ2n) is 5.61. The van der Waals surface area contributed by atoms with Gasteiger partial charge in [-0.1, -0.05) is 20.8 Å². The van der Waals surface area contributed by atoms with Crippen molar-refractivity contribution in [2.45, 2.75) is 26.2 Å². The normalized spacial score (nSPS) is 11.4. The standard InChI is InChI=1S/C14H17BrN4O/c1-14(2,3)11-7-12(19-18-11)17-13(20)8-4-5-9(15)10(16)6-8/h4-7H,16H2,1-3H3,(H2,17,18,19,20). The van der Waals surface area contributed by atoms with Crippen LogP contribution in [0.1, 0.15) is 36.8 Å². The van der Waals surface area contributed by atoms with Crippen molar-refractivity contribution in [3.8, 4) is 0 Å². The second-order valence-corrected chi connectivity index (χ2v) is 6.46. The first-order valence-corrected chi connectivity index (χ1v) is 6.99. The Bertz CT molecular complexity index is 643. The maximum Gasteiger partial charge on any atom is 0.256 e. The predicted molar refractivity (Wildman–Crippen MR) is 83.8 cm³/mol. The van der Waals surface area contributed by atoms with Crippen molar-refractivity contribution in [2.24, 2.45) is 0 Å². The summed E-state index contributed by atoms with van der Waals surface area (Å²) in [5, 5.41) is 9.76. The lowest BCUT2D eigenvalue weighted by Crippen LogP contribution is -2.13. The fraction of sp³-hybridized carbons (Fsp3) is 0.286. The quantitative estimate of drug-likeness (QED) is 0.735. The third-order valence-corrected chi connectivity index (χ3v) is 3.61. The van der Waals surface area contributed by atoms with Gasteiger partial charge >= 0.3 is 0 Å². The van der Waals surface area contributed by atoms with Gasteiger partial charge in [-0.3, -0.25) is 9.89 Å². The second kappa shape index (κ2) is 5.28. The number of hydrogen-bond acceptors (Lipinski definition) is 3. The van der Waals surface area contributed by atoms with E-state index in [0.29, 0.717) is 17.1 Å². The number of aromatic nitrogens is 2. The average molecular weight is 337 g/mol. The van der Waals surface area contributed by atoms with E-state index >= 15 is 0 Å². The zero-order valence-corrected chi connectivity index (χ0v) is 13.2. The van der Waals surface area contributed by atoms with E-state index in [9.17, 15) is 4.79 Å². The third-order valence-electron chi connectivity index (χ3n) is 2.89. The van der Waals surface area contributed by atoms with E-state index in [0.717, 1.165) is 10.2 Å². The van der Waals surface area contributed by atoms with E-state index < -0.39 is 0 Å². The molecule has 5 nitrogen and oxygen atoms in total. The smallest absolute Gasteiger partial charge is 0.256 e. The minimum absolute atomic E-state index is 0.0436. The summed E-state index contributed by atoms with van der Waals surface area (Å²) in [6.07, 6.45) is 0. The number of amides is 1. The highest BCUT2D eigenvalue weighted by Gasteiger charge is 2.17. The molecule has 6 heteroatoms. The summed E-state index contributed by atoms with van der Waals surface area (Å²) in [7, 11) is 0. The molecular weight excluding hydrogens is 320 g/mol. The van der Waals surface area contributed by atoms with Gasteiger partial charge in [-0.2, -0.15) is 5.10 Å². The van der Waals surface area contributed by atoms with Crippen LogP contribution in [-0.2, 0) is 5.41 Å². The molecule has 0 bridgehead atoms. The molecule has 0 unspecified atom stereocenters. The number of rotatable bonds is 2. The monoisotopic (exact) mass is 336 g/mol. The number of anilines is 2. The van der Waals surface area contributed by atoms with Crippen LogP contribution in [0.5, 0.6) is 0 Å². The van der Waals surface area contributed by atoms with E-state index in [1.165, 1.54) is 0 Å². The molecule has 0 spiro atoms. The number of halogens is 1. The first-order valence-electron chi connectivity index (χ1n) is 6.19. The van der Waals surface area contributed by atoms with Crippen LogP contribution in [0.25, 0.3) is 0 Å². The Balaban J connectivity index is 2.15. The Hall–Kier alpha value is -1.82. The first-order chi connectivity index (χ1) is 9.27. The van der Waals surface area contributed by atoms with Crippen LogP contribution >= 0.6 is 15.9 Å². The number of nitrogens with two attached hydrogens (primary N) is 1. The predicted octanol–water partition coefficient (Wildman–Crippen LogP) is 3.30. The number of nitrogen functional groups attached to an aromatic ring is 1. The molecule has 1 amide bonds. The van der Waals surface area contributed by atoms with E-state index in [1.807, 2.05) is 6.07 Å². The molecule has 0 aliphatic carbocycles. The van der Waals surface area contributed by atoms with Crippen LogP contribution in [0.15, 0.2) is 28.7 Å². The Kier molecular flexibility index (Phi) is 3.85. The maximum atomic E-state index is 12.1. The zero-order valence-electron chi connectivity index (χ0n) is 11.6. The minimum Gasteiger partial charge on any atom is -0.398 e. The van der Waals surface area contributed by atoms with E-state index in [2.05, 4.69) is 52.2 Å². The van der Waals surface area contributed by atoms with Crippen LogP contribution in [0, 0.1) is 0 Å². The van der Waals surface area contributed by atoms with Gasteiger partial charge in [0.2, 0.25) is 0 Å². The van der Waals surface area contributed by atoms with Crippen molar-refractivity contribution in [1.29, 1.82) is 0 Å². The summed E-state index contributed by atoms with van der Waals surface area (Å²) in [6, 6.07) is 6.90. The number of benzene rings is 1. The van der Waals surface area contributed by atoms with Crippen molar-refractivity contribution in [2.75, 3.05) is 11.1 Å². The largest absolute Gasteiger partial charge is 0.398 e. The molecule has 2 rings (SSSR count). The molecule has 1 aromatic heterocycles. The van der Waals surface area contributed by atoms with Crippen molar-refractivity contribution < 1.29 is 4.79 Å². The van der Waals surface area contributed by atoms with Gasteiger partial charge in [0.1, 0.15) is 0 Å². The Morgan fingerprint density at radius 2 is 2.05 bits per heavy atom. The SMILES string of the molecule is CC(C)(C)c1cc(NC(=O)c2ccc(Br)c(N)c2)n[nH]1. The molecule has 0 radical (unpaired) electrons. The summed E-state index contributed by atoms with van der Waals surface area (Å²) in [5.74, 6) is 0.262. The highest BCUT2D eigenvalue weighted by atomic mass is 79.9. The number of aromatic amines is 1. The van der Waals surface area contributed by atoms with Gasteiger partial charge in [0.25, 0.3) is 5.91 Å². The van der Waals surface area contributed by atoms with Gasteiger partial charge in [-0.05, 0) is 34.1 Å². The summed E-state index contributed by atoms with van der Waals surface area (Å²) in [4.78, 5) is 12.1. The minimum atomic E-state index is -0.240. The number of hydrogen-bond donors (Lipinski definition) is 3. The van der Waals surface area contributed by atoms with E-state index in [-0.39, 0.29) is 11.3 Å². The zero-order chi connectivity index (χ0) is 14.9. The molecule has 1 aromatic carbocycles. The molecule has 2 aromatic rings. The summed E-state index contributed by atoms with van der Waals surface area (Å²) in [6.45, 7) is 6.21. The fourth-order valence-electron chi connectivity index (χ4n) is 1.64. The lowest BCUT2D eigenvalue weighted by Gasteiger charge is -2.14. The number of carbonyl (C=O) groups excluding carboxylic acids is 1. The lowest BCUT2D eigenvalue weighted by atomic mass is 9.92. The summed E-state index contributed by atoms with van der Waals surface area (Å²) in [5.41, 5.74) is 7.70. The fourth-order valence-corrected chi connectivity index (χ4v) is 1.89. The molecule has 1 heterocycles. The van der Waals surface area contributed by atoms with E-state index in [1.54, 1.807) is 18.2 Å². The highest BCUT2D eigenvalue weighted by Crippen LogP contribution is 2.23. The van der Waals surface area contributed by atoms with Gasteiger partial charge < -0.3 is 11.1 Å². The number of H-pyrrole nitrogens is 1. The molecule has 0 saturated carbocycles. The summed E-state index contributed by atoms with van der Waals surface area (Å²) >= 11 is 3.30. The van der Waals surface area contributed by atoms with Gasteiger partial charge in [0.05, 0.1) is 0 Å². The van der Waals surface area contributed by atoms with Crippen LogP contribution in [-0.4, -0.2) is 16.1 Å². The van der Waals surface area contributed by atoms with Crippen LogP contribution < -0.4 is 11.1 Å². The van der Waals surface area contributed by atoms with Crippen molar-refractivity contribution in [3.05, 3.63) is 40.0 Å². The number of carbonyl (C=O) groups is 1. The Morgan fingerprint density at radius 1 is 1.35 bits per heavy atom. The van der Waals surface area contributed by atoms with Crippen molar-refractivity contribution in [3.63, 3.8) is 0 Å². The topological polar surface area (TPSA) is 83.8 Å². The molecule has 0 saturated heterocycles. The number of nitrogens with zero attached hydrogens (tertiary/aromatic N) is 1. The van der Waals surface area contributed by atoms with Crippen LogP contribution in [0.3, 0.4) is 0 Å². The molecule has 0 atom stereocenters. The van der Waals surface area contributed by atoms with Crippen molar-refractivity contribution in [1.82, 2.24) is 10.2 Å². The first kappa shape index (κ1) is 14.6.